The van der Waals surface area contributed by atoms with Gasteiger partial charge in [-0.2, -0.15) is 0 Å². The van der Waals surface area contributed by atoms with Crippen LogP contribution in [0.25, 0.3) is 0 Å². The number of aliphatic carboxylic acids is 1. The van der Waals surface area contributed by atoms with Crippen molar-refractivity contribution in [1.29, 1.82) is 0 Å². The van der Waals surface area contributed by atoms with E-state index in [2.05, 4.69) is 6.92 Å². The molecule has 0 aliphatic heterocycles. The van der Waals surface area contributed by atoms with E-state index in [4.69, 9.17) is 16.6 Å². The van der Waals surface area contributed by atoms with Gasteiger partial charge < -0.3 is 18.0 Å². The molecule has 0 spiro atoms. The van der Waals surface area contributed by atoms with Gasteiger partial charge in [0.05, 0.1) is 6.54 Å². The van der Waals surface area contributed by atoms with Gasteiger partial charge in [0.2, 0.25) is 0 Å². The van der Waals surface area contributed by atoms with E-state index in [1.165, 1.54) is 38.5 Å². The quantitative estimate of drug-likeness (QED) is 0.250. The second-order valence-corrected chi connectivity index (χ2v) is 5.52. The molecule has 0 radical (unpaired) electrons. The minimum absolute atomic E-state index is 0. The number of rotatable bonds is 12. The molecule has 0 heterocycles. The predicted octanol–water partition coefficient (Wildman–Crippen LogP) is -0.779. The van der Waals surface area contributed by atoms with Crippen molar-refractivity contribution in [3.05, 3.63) is 0 Å². The first kappa shape index (κ1) is 22.6. The van der Waals surface area contributed by atoms with E-state index in [1.54, 1.807) is 11.8 Å². The van der Waals surface area contributed by atoms with E-state index in [9.17, 15) is 4.79 Å². The molecule has 116 valence electrons. The van der Waals surface area contributed by atoms with Gasteiger partial charge in [-0.1, -0.05) is 51.9 Å². The number of carboxylic acid groups (broad SMARTS) is 1. The summed E-state index contributed by atoms with van der Waals surface area (Å²) in [6.07, 6.45) is 9.76. The van der Waals surface area contributed by atoms with Crippen molar-refractivity contribution >= 4 is 5.97 Å². The second kappa shape index (κ2) is 13.0. The second-order valence-electron chi connectivity index (χ2n) is 5.52. The van der Waals surface area contributed by atoms with E-state index >= 15 is 0 Å². The minimum Gasteiger partial charge on any atom is -1.00 e. The van der Waals surface area contributed by atoms with Crippen molar-refractivity contribution < 1.29 is 40.9 Å². The van der Waals surface area contributed by atoms with E-state index in [1.807, 2.05) is 0 Å². The molecule has 0 aliphatic carbocycles. The average Bonchev–Trinajstić information content (AvgIpc) is 2.29. The summed E-state index contributed by atoms with van der Waals surface area (Å²) in [6.45, 7) is 4.40. The molecule has 0 fully saturated rings. The predicted molar refractivity (Wildman–Crippen MR) is 79.7 cm³/mol. The standard InChI is InChI=1S/C14H31N3O2.Na.H/c1-3-4-5-6-7-8-9-10-11-17(12-13(18)19)14(2,15)16;;/h3-12,15-16H2,1-2H3,(H,18,19);;/q;+1;-1. The topological polar surface area (TPSA) is 92.6 Å². The van der Waals surface area contributed by atoms with Crippen LogP contribution in [0.15, 0.2) is 0 Å². The third-order valence-corrected chi connectivity index (χ3v) is 3.29. The molecular weight excluding hydrogens is 265 g/mol. The molecule has 0 aromatic heterocycles. The molecule has 0 bridgehead atoms. The molecule has 0 atom stereocenters. The number of hydrogen-bond acceptors (Lipinski definition) is 4. The number of hydrogen-bond donors (Lipinski definition) is 3. The zero-order valence-electron chi connectivity index (χ0n) is 14.5. The summed E-state index contributed by atoms with van der Waals surface area (Å²) in [5, 5.41) is 8.82. The van der Waals surface area contributed by atoms with Gasteiger partial charge in [0, 0.05) is 6.54 Å². The zero-order chi connectivity index (χ0) is 14.7. The number of unbranched alkanes of at least 4 members (excludes halogenated alkanes) is 7. The van der Waals surface area contributed by atoms with E-state index < -0.39 is 11.8 Å². The normalized spacial score (nSPS) is 11.4. The zero-order valence-corrected chi connectivity index (χ0v) is 15.5. The summed E-state index contributed by atoms with van der Waals surface area (Å²) in [6, 6.07) is 0. The van der Waals surface area contributed by atoms with Crippen LogP contribution in [-0.4, -0.2) is 34.9 Å². The summed E-state index contributed by atoms with van der Waals surface area (Å²) < 4.78 is 0. The smallest absolute Gasteiger partial charge is 1.00 e. The first-order valence-corrected chi connectivity index (χ1v) is 7.42. The van der Waals surface area contributed by atoms with Crippen LogP contribution in [0.5, 0.6) is 0 Å². The number of carboxylic acids is 1. The van der Waals surface area contributed by atoms with E-state index in [0.29, 0.717) is 6.54 Å². The van der Waals surface area contributed by atoms with Crippen LogP contribution < -0.4 is 41.0 Å². The molecule has 0 aliphatic rings. The molecule has 0 unspecified atom stereocenters. The van der Waals surface area contributed by atoms with Gasteiger partial charge >= 0.3 is 35.5 Å². The molecule has 0 aromatic rings. The Labute approximate surface area is 147 Å². The summed E-state index contributed by atoms with van der Waals surface area (Å²) in [5.74, 6) is -1.94. The molecule has 0 saturated carbocycles. The van der Waals surface area contributed by atoms with Crippen molar-refractivity contribution in [2.75, 3.05) is 13.1 Å². The number of nitrogens with two attached hydrogens (primary N) is 2. The Balaban J connectivity index is -0.00000162. The van der Waals surface area contributed by atoms with Crippen LogP contribution >= 0.6 is 0 Å². The third kappa shape index (κ3) is 13.3. The van der Waals surface area contributed by atoms with E-state index in [0.717, 1.165) is 12.8 Å². The Morgan fingerprint density at radius 3 is 1.95 bits per heavy atom. The molecule has 20 heavy (non-hydrogen) atoms. The van der Waals surface area contributed by atoms with E-state index in [-0.39, 0.29) is 37.5 Å². The van der Waals surface area contributed by atoms with Gasteiger partial charge in [0.15, 0.2) is 0 Å². The maximum Gasteiger partial charge on any atom is 1.00 e. The third-order valence-electron chi connectivity index (χ3n) is 3.29. The Morgan fingerprint density at radius 1 is 1.10 bits per heavy atom. The van der Waals surface area contributed by atoms with Gasteiger partial charge in [-0.15, -0.1) is 0 Å². The Morgan fingerprint density at radius 2 is 1.55 bits per heavy atom. The Kier molecular flexibility index (Phi) is 14.8. The van der Waals surface area contributed by atoms with Crippen LogP contribution in [0.2, 0.25) is 0 Å². The molecule has 0 aromatic carbocycles. The van der Waals surface area contributed by atoms with Crippen molar-refractivity contribution in [1.82, 2.24) is 4.90 Å². The average molecular weight is 297 g/mol. The van der Waals surface area contributed by atoms with Crippen LogP contribution in [0, 0.1) is 0 Å². The van der Waals surface area contributed by atoms with Crippen LogP contribution in [-0.2, 0) is 4.79 Å². The summed E-state index contributed by atoms with van der Waals surface area (Å²) >= 11 is 0. The fraction of sp³-hybridized carbons (Fsp3) is 0.929. The Hall–Kier alpha value is 0.350. The van der Waals surface area contributed by atoms with Crippen molar-refractivity contribution in [3.8, 4) is 0 Å². The van der Waals surface area contributed by atoms with Crippen molar-refractivity contribution in [2.24, 2.45) is 11.5 Å². The summed E-state index contributed by atoms with van der Waals surface area (Å²) in [4.78, 5) is 12.4. The van der Waals surface area contributed by atoms with Crippen molar-refractivity contribution in [2.45, 2.75) is 71.0 Å². The number of nitrogens with zero attached hydrogens (tertiary/aromatic N) is 1. The van der Waals surface area contributed by atoms with Gasteiger partial charge in [-0.05, 0) is 13.3 Å². The molecule has 0 amide bonds. The minimum atomic E-state index is -1.06. The summed E-state index contributed by atoms with van der Waals surface area (Å²) in [5.41, 5.74) is 11.5. The van der Waals surface area contributed by atoms with Crippen LogP contribution in [0.4, 0.5) is 0 Å². The molecule has 0 rings (SSSR count). The van der Waals surface area contributed by atoms with Crippen LogP contribution in [0.3, 0.4) is 0 Å². The van der Waals surface area contributed by atoms with Crippen LogP contribution in [0.1, 0.15) is 66.6 Å². The van der Waals surface area contributed by atoms with Crippen molar-refractivity contribution in [3.63, 3.8) is 0 Å². The molecular formula is C14H32N3NaO2. The first-order chi connectivity index (χ1) is 8.88. The fourth-order valence-electron chi connectivity index (χ4n) is 2.09. The van der Waals surface area contributed by atoms with Gasteiger partial charge in [0.1, 0.15) is 5.79 Å². The molecule has 6 heteroatoms. The Bertz CT molecular complexity index is 251. The molecule has 5 N–H and O–H groups in total. The number of carbonyl (C=O) groups is 1. The molecule has 0 saturated heterocycles. The SMILES string of the molecule is CCCCCCCCCCN(CC(=O)O)C(C)(N)N.[H-].[Na+]. The van der Waals surface area contributed by atoms with Gasteiger partial charge in [-0.25, -0.2) is 0 Å². The maximum absolute atomic E-state index is 10.7. The molecule has 5 nitrogen and oxygen atoms in total. The van der Waals surface area contributed by atoms with Gasteiger partial charge in [0.25, 0.3) is 0 Å². The van der Waals surface area contributed by atoms with Gasteiger partial charge in [-0.3, -0.25) is 9.69 Å². The summed E-state index contributed by atoms with van der Waals surface area (Å²) in [7, 11) is 0. The maximum atomic E-state index is 10.7. The fourth-order valence-corrected chi connectivity index (χ4v) is 2.09. The first-order valence-electron chi connectivity index (χ1n) is 7.42. The largest absolute Gasteiger partial charge is 1.00 e. The monoisotopic (exact) mass is 297 g/mol.